The topological polar surface area (TPSA) is 83.8 Å². The summed E-state index contributed by atoms with van der Waals surface area (Å²) >= 11 is 0. The molecule has 0 saturated carbocycles. The summed E-state index contributed by atoms with van der Waals surface area (Å²) in [7, 11) is 1.10. The molecule has 0 radical (unpaired) electrons. The Morgan fingerprint density at radius 1 is 1.55 bits per heavy atom. The van der Waals surface area contributed by atoms with Crippen molar-refractivity contribution >= 4 is 11.9 Å². The monoisotopic (exact) mass is 160 g/mol. The molecule has 0 spiro atoms. The predicted octanol–water partition coefficient (Wildman–Crippen LogP) is -0.837. The number of carbonyl (C=O) groups excluding carboxylic acids is 1. The quantitative estimate of drug-likeness (QED) is 0.415. The molecule has 0 aromatic carbocycles. The zero-order valence-electron chi connectivity index (χ0n) is 5.90. The van der Waals surface area contributed by atoms with Gasteiger partial charge >= 0.3 is 11.9 Å². The Morgan fingerprint density at radius 2 is 2.09 bits per heavy atom. The van der Waals surface area contributed by atoms with Crippen LogP contribution in [0.3, 0.4) is 0 Å². The number of hydrogen-bond donors (Lipinski definition) is 2. The van der Waals surface area contributed by atoms with Crippen LogP contribution in [0.5, 0.6) is 0 Å². The predicted molar refractivity (Wildman–Crippen MR) is 34.8 cm³/mol. The largest absolute Gasteiger partial charge is 0.478 e. The smallest absolute Gasteiger partial charge is 0.336 e. The molecule has 0 saturated heterocycles. The summed E-state index contributed by atoms with van der Waals surface area (Å²) in [4.78, 5) is 20.6. The number of aliphatic hydroxyl groups excluding tert-OH is 1. The molecule has 0 aromatic rings. The summed E-state index contributed by atoms with van der Waals surface area (Å²) in [6, 6.07) is 0. The minimum Gasteiger partial charge on any atom is -0.478 e. The third-order valence-electron chi connectivity index (χ3n) is 0.916. The average Bonchev–Trinajstić information content (AvgIpc) is 1.98. The molecule has 0 unspecified atom stereocenters. The van der Waals surface area contributed by atoms with Gasteiger partial charge in [0.15, 0.2) is 0 Å². The lowest BCUT2D eigenvalue weighted by Gasteiger charge is -1.98. The number of carboxylic acid groups (broad SMARTS) is 1. The maximum absolute atomic E-state index is 10.6. The SMILES string of the molecule is COC(=O)/C(=C/C(=O)O)CO. The Morgan fingerprint density at radius 3 is 2.36 bits per heavy atom. The van der Waals surface area contributed by atoms with Crippen LogP contribution in [0, 0.1) is 0 Å². The Hall–Kier alpha value is -1.36. The van der Waals surface area contributed by atoms with Gasteiger partial charge in [0.1, 0.15) is 0 Å². The summed E-state index contributed by atoms with van der Waals surface area (Å²) in [6.07, 6.45) is 0.603. The molecule has 0 rings (SSSR count). The van der Waals surface area contributed by atoms with Crippen molar-refractivity contribution in [2.75, 3.05) is 13.7 Å². The molecule has 0 aliphatic rings. The molecule has 0 aliphatic carbocycles. The van der Waals surface area contributed by atoms with Crippen molar-refractivity contribution in [3.63, 3.8) is 0 Å². The lowest BCUT2D eigenvalue weighted by Crippen LogP contribution is -2.10. The van der Waals surface area contributed by atoms with Gasteiger partial charge in [-0.3, -0.25) is 0 Å². The molecule has 0 amide bonds. The van der Waals surface area contributed by atoms with Gasteiger partial charge in [-0.05, 0) is 0 Å². The van der Waals surface area contributed by atoms with Crippen LogP contribution in [-0.2, 0) is 14.3 Å². The van der Waals surface area contributed by atoms with E-state index < -0.39 is 18.5 Å². The number of rotatable bonds is 3. The van der Waals surface area contributed by atoms with Crippen molar-refractivity contribution in [2.45, 2.75) is 0 Å². The van der Waals surface area contributed by atoms with Crippen molar-refractivity contribution in [1.82, 2.24) is 0 Å². The Bertz CT molecular complexity index is 193. The highest BCUT2D eigenvalue weighted by Crippen LogP contribution is 1.94. The van der Waals surface area contributed by atoms with E-state index in [1.807, 2.05) is 0 Å². The molecule has 0 bridgehead atoms. The van der Waals surface area contributed by atoms with E-state index in [2.05, 4.69) is 4.74 Å². The van der Waals surface area contributed by atoms with Crippen molar-refractivity contribution in [3.05, 3.63) is 11.6 Å². The zero-order chi connectivity index (χ0) is 8.85. The van der Waals surface area contributed by atoms with Crippen molar-refractivity contribution < 1.29 is 24.5 Å². The van der Waals surface area contributed by atoms with Crippen LogP contribution in [0.25, 0.3) is 0 Å². The number of hydrogen-bond acceptors (Lipinski definition) is 4. The number of esters is 1. The average molecular weight is 160 g/mol. The number of ether oxygens (including phenoxy) is 1. The van der Waals surface area contributed by atoms with E-state index in [0.29, 0.717) is 6.08 Å². The van der Waals surface area contributed by atoms with Crippen LogP contribution in [-0.4, -0.2) is 35.9 Å². The fraction of sp³-hybridized carbons (Fsp3) is 0.333. The minimum atomic E-state index is -1.29. The van der Waals surface area contributed by atoms with Crippen LogP contribution in [0.15, 0.2) is 11.6 Å². The van der Waals surface area contributed by atoms with Gasteiger partial charge in [0.2, 0.25) is 0 Å². The second kappa shape index (κ2) is 4.45. The highest BCUT2D eigenvalue weighted by molar-refractivity contribution is 5.95. The van der Waals surface area contributed by atoms with Gasteiger partial charge in [0.25, 0.3) is 0 Å². The highest BCUT2D eigenvalue weighted by Gasteiger charge is 2.09. The third-order valence-corrected chi connectivity index (χ3v) is 0.916. The minimum absolute atomic E-state index is 0.278. The van der Waals surface area contributed by atoms with Gasteiger partial charge in [-0.25, -0.2) is 9.59 Å². The van der Waals surface area contributed by atoms with Crippen molar-refractivity contribution in [2.24, 2.45) is 0 Å². The first-order chi connectivity index (χ1) is 5.11. The van der Waals surface area contributed by atoms with Crippen LogP contribution < -0.4 is 0 Å². The van der Waals surface area contributed by atoms with Gasteiger partial charge in [-0.2, -0.15) is 0 Å². The molecule has 62 valence electrons. The van der Waals surface area contributed by atoms with Crippen LogP contribution >= 0.6 is 0 Å². The normalized spacial score (nSPS) is 10.9. The lowest BCUT2D eigenvalue weighted by molar-refractivity contribution is -0.138. The molecule has 5 nitrogen and oxygen atoms in total. The molecule has 2 N–H and O–H groups in total. The standard InChI is InChI=1S/C6H8O5/c1-11-6(10)4(3-7)2-5(8)9/h2,7H,3H2,1H3,(H,8,9)/b4-2+. The van der Waals surface area contributed by atoms with E-state index in [1.54, 1.807) is 0 Å². The first kappa shape index (κ1) is 9.64. The molecular formula is C6H8O5. The van der Waals surface area contributed by atoms with E-state index in [-0.39, 0.29) is 5.57 Å². The Kier molecular flexibility index (Phi) is 3.90. The molecule has 0 heterocycles. The molecule has 11 heavy (non-hydrogen) atoms. The summed E-state index contributed by atoms with van der Waals surface area (Å²) in [6.45, 7) is -0.640. The van der Waals surface area contributed by atoms with E-state index in [0.717, 1.165) is 7.11 Å². The number of methoxy groups -OCH3 is 1. The summed E-state index contributed by atoms with van der Waals surface area (Å²) in [5.41, 5.74) is -0.278. The molecule has 5 heteroatoms. The summed E-state index contributed by atoms with van der Waals surface area (Å²) in [5, 5.41) is 16.6. The second-order valence-corrected chi connectivity index (χ2v) is 1.66. The van der Waals surface area contributed by atoms with Crippen LogP contribution in [0.4, 0.5) is 0 Å². The molecule has 0 fully saturated rings. The molecule has 0 aromatic heterocycles. The first-order valence-corrected chi connectivity index (χ1v) is 2.74. The van der Waals surface area contributed by atoms with Gasteiger partial charge in [0.05, 0.1) is 19.3 Å². The highest BCUT2D eigenvalue weighted by atomic mass is 16.5. The molecule has 0 atom stereocenters. The van der Waals surface area contributed by atoms with Crippen molar-refractivity contribution in [1.29, 1.82) is 0 Å². The fourth-order valence-electron chi connectivity index (χ4n) is 0.449. The van der Waals surface area contributed by atoms with Crippen molar-refractivity contribution in [3.8, 4) is 0 Å². The van der Waals surface area contributed by atoms with Gasteiger partial charge < -0.3 is 14.9 Å². The van der Waals surface area contributed by atoms with Crippen LogP contribution in [0.1, 0.15) is 0 Å². The number of carbonyl (C=O) groups is 2. The van der Waals surface area contributed by atoms with Gasteiger partial charge in [-0.15, -0.1) is 0 Å². The van der Waals surface area contributed by atoms with E-state index in [9.17, 15) is 9.59 Å². The van der Waals surface area contributed by atoms with Gasteiger partial charge in [-0.1, -0.05) is 0 Å². The van der Waals surface area contributed by atoms with E-state index >= 15 is 0 Å². The maximum Gasteiger partial charge on any atom is 0.336 e. The van der Waals surface area contributed by atoms with Crippen LogP contribution in [0.2, 0.25) is 0 Å². The summed E-state index contributed by atoms with van der Waals surface area (Å²) < 4.78 is 4.17. The van der Waals surface area contributed by atoms with E-state index in [4.69, 9.17) is 10.2 Å². The second-order valence-electron chi connectivity index (χ2n) is 1.66. The lowest BCUT2D eigenvalue weighted by atomic mass is 10.3. The Balaban J connectivity index is 4.39. The fourth-order valence-corrected chi connectivity index (χ4v) is 0.449. The maximum atomic E-state index is 10.6. The number of aliphatic hydroxyl groups is 1. The summed E-state index contributed by atoms with van der Waals surface area (Å²) in [5.74, 6) is -2.13. The Labute approximate surface area is 62.9 Å². The van der Waals surface area contributed by atoms with Gasteiger partial charge in [0, 0.05) is 6.08 Å². The number of carboxylic acids is 1. The third kappa shape index (κ3) is 3.36. The van der Waals surface area contributed by atoms with E-state index in [1.165, 1.54) is 0 Å². The number of aliphatic carboxylic acids is 1. The zero-order valence-corrected chi connectivity index (χ0v) is 5.90. The first-order valence-electron chi connectivity index (χ1n) is 2.74. The molecule has 0 aliphatic heterocycles. The molecular weight excluding hydrogens is 152 g/mol.